The van der Waals surface area contributed by atoms with Gasteiger partial charge in [-0.3, -0.25) is 9.20 Å². The highest BCUT2D eigenvalue weighted by Gasteiger charge is 2.07. The normalized spacial score (nSPS) is 11.0. The van der Waals surface area contributed by atoms with E-state index in [2.05, 4.69) is 4.98 Å². The van der Waals surface area contributed by atoms with Gasteiger partial charge in [0, 0.05) is 27.4 Å². The number of thioether (sulfide) groups is 1. The van der Waals surface area contributed by atoms with Crippen LogP contribution in [0.5, 0.6) is 0 Å². The van der Waals surface area contributed by atoms with Gasteiger partial charge >= 0.3 is 0 Å². The first kappa shape index (κ1) is 15.4. The SMILES string of the molecule is Cc1cccc2nc(CSc3cc(Cl)ccc3Cl)cc(=O)n12. The fourth-order valence-electron chi connectivity index (χ4n) is 2.18. The number of halogens is 2. The van der Waals surface area contributed by atoms with Crippen molar-refractivity contribution in [1.82, 2.24) is 9.38 Å². The lowest BCUT2D eigenvalue weighted by Gasteiger charge is -2.07. The van der Waals surface area contributed by atoms with Gasteiger partial charge in [0.1, 0.15) is 5.65 Å². The van der Waals surface area contributed by atoms with Gasteiger partial charge in [0.15, 0.2) is 0 Å². The molecule has 6 heteroatoms. The quantitative estimate of drug-likeness (QED) is 0.647. The summed E-state index contributed by atoms with van der Waals surface area (Å²) in [4.78, 5) is 17.6. The lowest BCUT2D eigenvalue weighted by Crippen LogP contribution is -2.17. The van der Waals surface area contributed by atoms with Crippen LogP contribution in [-0.2, 0) is 5.75 Å². The van der Waals surface area contributed by atoms with Crippen LogP contribution < -0.4 is 5.56 Å². The summed E-state index contributed by atoms with van der Waals surface area (Å²) >= 11 is 13.6. The first-order valence-electron chi connectivity index (χ1n) is 6.61. The zero-order chi connectivity index (χ0) is 15.7. The highest BCUT2D eigenvalue weighted by molar-refractivity contribution is 7.98. The van der Waals surface area contributed by atoms with E-state index < -0.39 is 0 Å². The largest absolute Gasteiger partial charge is 0.269 e. The zero-order valence-corrected chi connectivity index (χ0v) is 14.0. The Morgan fingerprint density at radius 2 is 2.00 bits per heavy atom. The Balaban J connectivity index is 1.92. The van der Waals surface area contributed by atoms with Crippen molar-refractivity contribution in [1.29, 1.82) is 0 Å². The topological polar surface area (TPSA) is 34.4 Å². The third-order valence-electron chi connectivity index (χ3n) is 3.20. The van der Waals surface area contributed by atoms with Gasteiger partial charge in [-0.15, -0.1) is 11.8 Å². The van der Waals surface area contributed by atoms with Crippen molar-refractivity contribution in [2.24, 2.45) is 0 Å². The predicted octanol–water partition coefficient (Wildman–Crippen LogP) is 4.60. The molecule has 2 heterocycles. The third-order valence-corrected chi connectivity index (χ3v) is 4.97. The lowest BCUT2D eigenvalue weighted by atomic mass is 10.3. The third kappa shape index (κ3) is 3.14. The first-order chi connectivity index (χ1) is 10.5. The minimum absolute atomic E-state index is 0.0732. The molecule has 1 aromatic carbocycles. The second kappa shape index (κ2) is 6.32. The molecule has 0 saturated carbocycles. The molecule has 0 spiro atoms. The molecule has 0 aliphatic rings. The fourth-order valence-corrected chi connectivity index (χ4v) is 3.56. The van der Waals surface area contributed by atoms with Gasteiger partial charge in [-0.25, -0.2) is 4.98 Å². The average molecular weight is 351 g/mol. The molecule has 0 N–H and O–H groups in total. The minimum atomic E-state index is -0.0732. The molecule has 0 unspecified atom stereocenters. The van der Waals surface area contributed by atoms with Gasteiger partial charge in [-0.2, -0.15) is 0 Å². The standard InChI is InChI=1S/C16H12Cl2N2OS/c1-10-3-2-4-15-19-12(8-16(21)20(10)15)9-22-14-7-11(17)5-6-13(14)18/h2-8H,9H2,1H3. The predicted molar refractivity (Wildman–Crippen MR) is 92.2 cm³/mol. The van der Waals surface area contributed by atoms with E-state index in [1.807, 2.05) is 31.2 Å². The van der Waals surface area contributed by atoms with Crippen molar-refractivity contribution >= 4 is 40.6 Å². The number of hydrogen-bond acceptors (Lipinski definition) is 3. The zero-order valence-electron chi connectivity index (χ0n) is 11.7. The summed E-state index contributed by atoms with van der Waals surface area (Å²) < 4.78 is 1.60. The maximum absolute atomic E-state index is 12.2. The van der Waals surface area contributed by atoms with Gasteiger partial charge < -0.3 is 0 Å². The molecule has 0 amide bonds. The molecular formula is C16H12Cl2N2OS. The Morgan fingerprint density at radius 3 is 2.82 bits per heavy atom. The number of hydrogen-bond donors (Lipinski definition) is 0. The molecule has 0 fully saturated rings. The molecule has 112 valence electrons. The molecule has 22 heavy (non-hydrogen) atoms. The molecule has 0 saturated heterocycles. The fraction of sp³-hybridized carbons (Fsp3) is 0.125. The molecule has 3 rings (SSSR count). The van der Waals surface area contributed by atoms with E-state index in [9.17, 15) is 4.79 Å². The molecular weight excluding hydrogens is 339 g/mol. The average Bonchev–Trinajstić information content (AvgIpc) is 2.48. The van der Waals surface area contributed by atoms with Gasteiger partial charge in [0.05, 0.1) is 10.7 Å². The second-order valence-corrected chi connectivity index (χ2v) is 6.67. The Hall–Kier alpha value is -1.49. The summed E-state index contributed by atoms with van der Waals surface area (Å²) in [5, 5.41) is 1.27. The van der Waals surface area contributed by atoms with E-state index in [1.54, 1.807) is 22.6 Å². The molecule has 2 aromatic heterocycles. The van der Waals surface area contributed by atoms with Crippen LogP contribution in [0.4, 0.5) is 0 Å². The van der Waals surface area contributed by atoms with Crippen molar-refractivity contribution in [2.45, 2.75) is 17.6 Å². The second-order valence-electron chi connectivity index (χ2n) is 4.81. The van der Waals surface area contributed by atoms with Crippen LogP contribution in [-0.4, -0.2) is 9.38 Å². The van der Waals surface area contributed by atoms with Crippen LogP contribution in [0.3, 0.4) is 0 Å². The summed E-state index contributed by atoms with van der Waals surface area (Å²) in [5.41, 5.74) is 2.17. The Kier molecular flexibility index (Phi) is 4.43. The number of aromatic nitrogens is 2. The lowest BCUT2D eigenvalue weighted by molar-refractivity contribution is 0.968. The first-order valence-corrected chi connectivity index (χ1v) is 8.35. The van der Waals surface area contributed by atoms with E-state index in [4.69, 9.17) is 23.2 Å². The van der Waals surface area contributed by atoms with E-state index in [-0.39, 0.29) is 5.56 Å². The summed E-state index contributed by atoms with van der Waals surface area (Å²) in [6.07, 6.45) is 0. The van der Waals surface area contributed by atoms with E-state index >= 15 is 0 Å². The summed E-state index contributed by atoms with van der Waals surface area (Å²) in [7, 11) is 0. The summed E-state index contributed by atoms with van der Waals surface area (Å²) in [6, 6.07) is 12.5. The van der Waals surface area contributed by atoms with Crippen molar-refractivity contribution in [3.63, 3.8) is 0 Å². The summed E-state index contributed by atoms with van der Waals surface area (Å²) in [6.45, 7) is 1.89. The van der Waals surface area contributed by atoms with Crippen LogP contribution in [0.25, 0.3) is 5.65 Å². The van der Waals surface area contributed by atoms with Crippen LogP contribution >= 0.6 is 35.0 Å². The number of pyridine rings is 1. The van der Waals surface area contributed by atoms with Gasteiger partial charge in [-0.05, 0) is 37.3 Å². The maximum atomic E-state index is 12.2. The molecule has 0 atom stereocenters. The van der Waals surface area contributed by atoms with Crippen LogP contribution in [0.1, 0.15) is 11.4 Å². The monoisotopic (exact) mass is 350 g/mol. The van der Waals surface area contributed by atoms with Crippen molar-refractivity contribution in [3.8, 4) is 0 Å². The van der Waals surface area contributed by atoms with E-state index in [1.165, 1.54) is 11.8 Å². The number of benzene rings is 1. The molecule has 0 radical (unpaired) electrons. The molecule has 0 aliphatic carbocycles. The number of rotatable bonds is 3. The van der Waals surface area contributed by atoms with E-state index in [0.717, 1.165) is 16.3 Å². The van der Waals surface area contributed by atoms with Crippen molar-refractivity contribution in [2.75, 3.05) is 0 Å². The smallest absolute Gasteiger partial charge is 0.258 e. The van der Waals surface area contributed by atoms with Crippen molar-refractivity contribution in [3.05, 3.63) is 74.3 Å². The van der Waals surface area contributed by atoms with Crippen molar-refractivity contribution < 1.29 is 0 Å². The van der Waals surface area contributed by atoms with Gasteiger partial charge in [0.2, 0.25) is 0 Å². The van der Waals surface area contributed by atoms with Gasteiger partial charge in [0.25, 0.3) is 5.56 Å². The molecule has 0 aliphatic heterocycles. The highest BCUT2D eigenvalue weighted by Crippen LogP contribution is 2.31. The molecule has 3 aromatic rings. The van der Waals surface area contributed by atoms with E-state index in [0.29, 0.717) is 21.4 Å². The molecule has 3 nitrogen and oxygen atoms in total. The van der Waals surface area contributed by atoms with Crippen LogP contribution in [0.2, 0.25) is 10.0 Å². The van der Waals surface area contributed by atoms with Crippen LogP contribution in [0, 0.1) is 6.92 Å². The van der Waals surface area contributed by atoms with Gasteiger partial charge in [-0.1, -0.05) is 29.3 Å². The number of nitrogens with zero attached hydrogens (tertiary/aromatic N) is 2. The Labute approximate surface area is 141 Å². The Morgan fingerprint density at radius 1 is 1.18 bits per heavy atom. The number of aryl methyl sites for hydroxylation is 1. The summed E-state index contributed by atoms with van der Waals surface area (Å²) in [5.74, 6) is 0.555. The maximum Gasteiger partial charge on any atom is 0.258 e. The number of fused-ring (bicyclic) bond motifs is 1. The Bertz CT molecular complexity index is 908. The minimum Gasteiger partial charge on any atom is -0.269 e. The van der Waals surface area contributed by atoms with Crippen LogP contribution in [0.15, 0.2) is 52.2 Å². The molecule has 0 bridgehead atoms. The highest BCUT2D eigenvalue weighted by atomic mass is 35.5.